The van der Waals surface area contributed by atoms with E-state index in [2.05, 4.69) is 52.1 Å². The quantitative estimate of drug-likeness (QED) is 0.701. The van der Waals surface area contributed by atoms with Crippen LogP contribution < -0.4 is 10.4 Å². The van der Waals surface area contributed by atoms with Gasteiger partial charge in [0.2, 0.25) is 0 Å². The van der Waals surface area contributed by atoms with E-state index in [1.54, 1.807) is 0 Å². The standard InChI is InChI=1S/C18H22/c1-6-16(7-2)15(5)17(8-3)13-18-12-10-9-11-14(18)4/h6,8-13H,1,4,7H2,2-3,5H3/b16-15+,17-8?,18-13-. The fourth-order valence-corrected chi connectivity index (χ4v) is 2.00. The molecule has 1 aromatic rings. The molecule has 94 valence electrons. The number of allylic oxidation sites excluding steroid dienone is 5. The van der Waals surface area contributed by atoms with E-state index in [0.717, 1.165) is 11.6 Å². The maximum absolute atomic E-state index is 4.06. The van der Waals surface area contributed by atoms with Crippen LogP contribution in [0.3, 0.4) is 0 Å². The fourth-order valence-electron chi connectivity index (χ4n) is 2.00. The van der Waals surface area contributed by atoms with Crippen LogP contribution in [0.15, 0.2) is 59.7 Å². The first-order chi connectivity index (χ1) is 8.63. The summed E-state index contributed by atoms with van der Waals surface area (Å²) in [5, 5.41) is 2.23. The number of rotatable bonds is 4. The molecular formula is C18H22. The van der Waals surface area contributed by atoms with Gasteiger partial charge in [-0.1, -0.05) is 56.5 Å². The first kappa shape index (κ1) is 14.2. The third-order valence-electron chi connectivity index (χ3n) is 3.22. The Hall–Kier alpha value is -1.82. The molecule has 0 heteroatoms. The zero-order chi connectivity index (χ0) is 13.5. The molecule has 0 unspecified atom stereocenters. The summed E-state index contributed by atoms with van der Waals surface area (Å²) in [6.45, 7) is 14.3. The molecule has 0 amide bonds. The Bertz CT molecular complexity index is 583. The van der Waals surface area contributed by atoms with Gasteiger partial charge in [-0.25, -0.2) is 0 Å². The third kappa shape index (κ3) is 3.33. The lowest BCUT2D eigenvalue weighted by molar-refractivity contribution is 1.11. The van der Waals surface area contributed by atoms with E-state index >= 15 is 0 Å². The largest absolute Gasteiger partial charge is 0.0988 e. The molecule has 0 aliphatic heterocycles. The van der Waals surface area contributed by atoms with Gasteiger partial charge in [-0.3, -0.25) is 0 Å². The summed E-state index contributed by atoms with van der Waals surface area (Å²) >= 11 is 0. The van der Waals surface area contributed by atoms with Crippen molar-refractivity contribution in [2.75, 3.05) is 0 Å². The normalized spacial score (nSPS) is 14.4. The molecule has 18 heavy (non-hydrogen) atoms. The van der Waals surface area contributed by atoms with Gasteiger partial charge in [0, 0.05) is 0 Å². The molecule has 0 aliphatic carbocycles. The Morgan fingerprint density at radius 1 is 1.28 bits per heavy atom. The van der Waals surface area contributed by atoms with Crippen LogP contribution in [0.1, 0.15) is 27.2 Å². The molecule has 0 nitrogen and oxygen atoms in total. The third-order valence-corrected chi connectivity index (χ3v) is 3.22. The predicted molar refractivity (Wildman–Crippen MR) is 82.6 cm³/mol. The van der Waals surface area contributed by atoms with Gasteiger partial charge in [0.15, 0.2) is 0 Å². The van der Waals surface area contributed by atoms with E-state index in [-0.39, 0.29) is 0 Å². The summed E-state index contributed by atoms with van der Waals surface area (Å²) in [7, 11) is 0. The van der Waals surface area contributed by atoms with Crippen LogP contribution in [0.4, 0.5) is 0 Å². The van der Waals surface area contributed by atoms with Crippen molar-refractivity contribution in [3.63, 3.8) is 0 Å². The molecule has 0 saturated heterocycles. The summed E-state index contributed by atoms with van der Waals surface area (Å²) in [5.74, 6) is 0. The van der Waals surface area contributed by atoms with Crippen LogP contribution in [-0.4, -0.2) is 0 Å². The molecule has 0 spiro atoms. The Labute approximate surface area is 110 Å². The summed E-state index contributed by atoms with van der Waals surface area (Å²) < 4.78 is 0. The van der Waals surface area contributed by atoms with E-state index in [4.69, 9.17) is 0 Å². The molecule has 0 saturated carbocycles. The zero-order valence-corrected chi connectivity index (χ0v) is 11.7. The number of benzene rings is 1. The number of hydrogen-bond acceptors (Lipinski definition) is 0. The molecule has 0 bridgehead atoms. The molecule has 0 heterocycles. The monoisotopic (exact) mass is 238 g/mol. The highest BCUT2D eigenvalue weighted by molar-refractivity contribution is 5.59. The van der Waals surface area contributed by atoms with Gasteiger partial charge in [0.05, 0.1) is 0 Å². The predicted octanol–water partition coefficient (Wildman–Crippen LogP) is 3.74. The van der Waals surface area contributed by atoms with Crippen LogP contribution in [0.25, 0.3) is 12.7 Å². The van der Waals surface area contributed by atoms with Crippen molar-refractivity contribution in [3.05, 3.63) is 70.2 Å². The average Bonchev–Trinajstić information content (AvgIpc) is 2.39. The molecule has 0 radical (unpaired) electrons. The Kier molecular flexibility index (Phi) is 5.38. The minimum atomic E-state index is 1.01. The highest BCUT2D eigenvalue weighted by atomic mass is 14.1. The van der Waals surface area contributed by atoms with Gasteiger partial charge in [0.25, 0.3) is 0 Å². The summed E-state index contributed by atoms with van der Waals surface area (Å²) in [5.41, 5.74) is 3.82. The molecule has 0 fully saturated rings. The van der Waals surface area contributed by atoms with Gasteiger partial charge in [-0.15, -0.1) is 0 Å². The summed E-state index contributed by atoms with van der Waals surface area (Å²) in [6.07, 6.45) is 7.28. The molecule has 0 N–H and O–H groups in total. The summed E-state index contributed by atoms with van der Waals surface area (Å²) in [6, 6.07) is 8.19. The maximum atomic E-state index is 4.06. The van der Waals surface area contributed by atoms with Gasteiger partial charge < -0.3 is 0 Å². The van der Waals surface area contributed by atoms with Crippen LogP contribution in [-0.2, 0) is 0 Å². The Morgan fingerprint density at radius 3 is 2.44 bits per heavy atom. The van der Waals surface area contributed by atoms with E-state index in [9.17, 15) is 0 Å². The van der Waals surface area contributed by atoms with Crippen molar-refractivity contribution in [2.45, 2.75) is 27.2 Å². The van der Waals surface area contributed by atoms with Crippen LogP contribution in [0.5, 0.6) is 0 Å². The van der Waals surface area contributed by atoms with Crippen molar-refractivity contribution in [3.8, 4) is 0 Å². The van der Waals surface area contributed by atoms with E-state index < -0.39 is 0 Å². The van der Waals surface area contributed by atoms with E-state index in [1.807, 2.05) is 24.3 Å². The summed E-state index contributed by atoms with van der Waals surface area (Å²) in [4.78, 5) is 0. The second-order valence-corrected chi connectivity index (χ2v) is 4.30. The lowest BCUT2D eigenvalue weighted by Gasteiger charge is -2.07. The van der Waals surface area contributed by atoms with Crippen LogP contribution >= 0.6 is 0 Å². The van der Waals surface area contributed by atoms with E-state index in [0.29, 0.717) is 0 Å². The molecular weight excluding hydrogens is 216 g/mol. The van der Waals surface area contributed by atoms with Gasteiger partial charge in [-0.05, 0) is 53.5 Å². The topological polar surface area (TPSA) is 0 Å². The van der Waals surface area contributed by atoms with Crippen molar-refractivity contribution >= 4 is 12.7 Å². The second kappa shape index (κ2) is 6.80. The Morgan fingerprint density at radius 2 is 1.94 bits per heavy atom. The van der Waals surface area contributed by atoms with Crippen LogP contribution in [0, 0.1) is 0 Å². The number of hydrogen-bond donors (Lipinski definition) is 0. The molecule has 0 atom stereocenters. The van der Waals surface area contributed by atoms with Crippen molar-refractivity contribution in [1.29, 1.82) is 0 Å². The van der Waals surface area contributed by atoms with E-state index in [1.165, 1.54) is 21.9 Å². The highest BCUT2D eigenvalue weighted by Crippen LogP contribution is 2.18. The second-order valence-electron chi connectivity index (χ2n) is 4.30. The molecule has 1 aromatic carbocycles. The SMILES string of the molecule is C=C/C(CC)=C(/C)C(=CC)/C=c1/ccccc1=C. The van der Waals surface area contributed by atoms with Gasteiger partial charge >= 0.3 is 0 Å². The minimum Gasteiger partial charge on any atom is -0.0988 e. The van der Waals surface area contributed by atoms with Gasteiger partial charge in [0.1, 0.15) is 0 Å². The van der Waals surface area contributed by atoms with Crippen molar-refractivity contribution in [1.82, 2.24) is 0 Å². The maximum Gasteiger partial charge on any atom is -0.0184 e. The minimum absolute atomic E-state index is 1.01. The highest BCUT2D eigenvalue weighted by Gasteiger charge is 2.00. The lowest BCUT2D eigenvalue weighted by atomic mass is 9.98. The first-order valence-electron chi connectivity index (χ1n) is 6.38. The first-order valence-corrected chi connectivity index (χ1v) is 6.38. The zero-order valence-electron chi connectivity index (χ0n) is 11.7. The lowest BCUT2D eigenvalue weighted by Crippen LogP contribution is -2.22. The van der Waals surface area contributed by atoms with Crippen LogP contribution in [0.2, 0.25) is 0 Å². The van der Waals surface area contributed by atoms with Crippen molar-refractivity contribution < 1.29 is 0 Å². The molecule has 0 aliphatic rings. The average molecular weight is 238 g/mol. The molecule has 1 rings (SSSR count). The molecule has 0 aromatic heterocycles. The van der Waals surface area contributed by atoms with Gasteiger partial charge in [-0.2, -0.15) is 0 Å². The van der Waals surface area contributed by atoms with Crippen molar-refractivity contribution in [2.24, 2.45) is 0 Å². The fraction of sp³-hybridized carbons (Fsp3) is 0.222. The Balaban J connectivity index is 3.36. The smallest absolute Gasteiger partial charge is 0.0184 e.